The SMILES string of the molecule is COC(=O)C1CN2C(=O)C(CCO[Si](C)(C)C(C)(C)C)C3(CC3)C2C2=C1C1=CC(=O)C=C(F)C1=C(Cl)C=NC2. The molecule has 3 heterocycles. The molecule has 3 atom stereocenters. The number of carbonyl (C=O) groups is 3. The van der Waals surface area contributed by atoms with E-state index < -0.39 is 31.8 Å². The number of esters is 1. The van der Waals surface area contributed by atoms with E-state index in [4.69, 9.17) is 20.8 Å². The zero-order valence-corrected chi connectivity index (χ0v) is 25.2. The van der Waals surface area contributed by atoms with Crippen molar-refractivity contribution in [1.82, 2.24) is 4.90 Å². The minimum absolute atomic E-state index is 0.0106. The zero-order chi connectivity index (χ0) is 28.5. The lowest BCUT2D eigenvalue weighted by atomic mass is 9.73. The van der Waals surface area contributed by atoms with Gasteiger partial charge in [-0.3, -0.25) is 19.4 Å². The first kappa shape index (κ1) is 28.2. The van der Waals surface area contributed by atoms with Crippen molar-refractivity contribution in [2.75, 3.05) is 26.8 Å². The first-order valence-electron chi connectivity index (χ1n) is 13.5. The molecule has 0 aromatic carbocycles. The third-order valence-corrected chi connectivity index (χ3v) is 14.4. The number of methoxy groups -OCH3 is 1. The smallest absolute Gasteiger partial charge is 0.314 e. The molecule has 10 heteroatoms. The zero-order valence-electron chi connectivity index (χ0n) is 23.4. The lowest BCUT2D eigenvalue weighted by Gasteiger charge is -2.41. The van der Waals surface area contributed by atoms with Gasteiger partial charge in [0.15, 0.2) is 14.1 Å². The Labute approximate surface area is 235 Å². The van der Waals surface area contributed by atoms with Crippen molar-refractivity contribution in [3.63, 3.8) is 0 Å². The van der Waals surface area contributed by atoms with E-state index in [-0.39, 0.29) is 57.6 Å². The Hall–Kier alpha value is -2.36. The average Bonchev–Trinajstić information content (AvgIpc) is 3.59. The summed E-state index contributed by atoms with van der Waals surface area (Å²) in [4.78, 5) is 45.9. The van der Waals surface area contributed by atoms with E-state index in [0.29, 0.717) is 18.6 Å². The van der Waals surface area contributed by atoms with Gasteiger partial charge in [0.25, 0.3) is 0 Å². The number of nitrogens with zero attached hydrogens (tertiary/aromatic N) is 2. The van der Waals surface area contributed by atoms with Gasteiger partial charge < -0.3 is 14.1 Å². The largest absolute Gasteiger partial charge is 0.468 e. The fourth-order valence-corrected chi connectivity index (χ4v) is 7.80. The maximum Gasteiger partial charge on any atom is 0.314 e. The molecule has 5 aliphatic rings. The number of aliphatic imine (C=N–C) groups is 1. The maximum atomic E-state index is 15.2. The Morgan fingerprint density at radius 2 is 1.95 bits per heavy atom. The van der Waals surface area contributed by atoms with Crippen molar-refractivity contribution in [2.24, 2.45) is 22.2 Å². The third kappa shape index (κ3) is 4.50. The third-order valence-electron chi connectivity index (χ3n) is 9.58. The minimum Gasteiger partial charge on any atom is -0.468 e. The van der Waals surface area contributed by atoms with Crippen LogP contribution in [-0.4, -0.2) is 69.9 Å². The summed E-state index contributed by atoms with van der Waals surface area (Å²) in [5, 5.41) is 0.122. The first-order valence-corrected chi connectivity index (χ1v) is 16.8. The Bertz CT molecular complexity index is 1300. The number of ketones is 1. The second-order valence-electron chi connectivity index (χ2n) is 12.7. The molecular weight excluding hydrogens is 539 g/mol. The Kier molecular flexibility index (Phi) is 6.96. The van der Waals surface area contributed by atoms with Gasteiger partial charge in [-0.25, -0.2) is 4.39 Å². The molecule has 2 aliphatic carbocycles. The molecule has 1 spiro atoms. The van der Waals surface area contributed by atoms with Gasteiger partial charge in [-0.1, -0.05) is 32.4 Å². The monoisotopic (exact) mass is 574 g/mol. The quantitative estimate of drug-likeness (QED) is 0.339. The molecule has 3 aliphatic heterocycles. The highest BCUT2D eigenvalue weighted by atomic mass is 35.5. The first-order chi connectivity index (χ1) is 18.2. The van der Waals surface area contributed by atoms with E-state index in [2.05, 4.69) is 38.9 Å². The van der Waals surface area contributed by atoms with Crippen LogP contribution in [0.3, 0.4) is 0 Å². The molecule has 1 saturated heterocycles. The van der Waals surface area contributed by atoms with Gasteiger partial charge in [0, 0.05) is 42.3 Å². The average molecular weight is 575 g/mol. The molecule has 210 valence electrons. The van der Waals surface area contributed by atoms with Crippen molar-refractivity contribution in [3.8, 4) is 0 Å². The fraction of sp³-hybridized carbons (Fsp3) is 0.586. The summed E-state index contributed by atoms with van der Waals surface area (Å²) in [6, 6.07) is -0.293. The summed E-state index contributed by atoms with van der Waals surface area (Å²) in [6.07, 6.45) is 5.95. The topological polar surface area (TPSA) is 85.3 Å². The Morgan fingerprint density at radius 3 is 2.56 bits per heavy atom. The minimum atomic E-state index is -1.99. The van der Waals surface area contributed by atoms with Gasteiger partial charge in [-0.05, 0) is 60.2 Å². The molecule has 1 saturated carbocycles. The number of amides is 1. The summed E-state index contributed by atoms with van der Waals surface area (Å²) in [6.45, 7) is 11.8. The van der Waals surface area contributed by atoms with Crippen molar-refractivity contribution in [3.05, 3.63) is 45.3 Å². The lowest BCUT2D eigenvalue weighted by molar-refractivity contribution is -0.146. The number of fused-ring (bicyclic) bond motifs is 5. The molecule has 5 rings (SSSR count). The highest BCUT2D eigenvalue weighted by molar-refractivity contribution is 6.74. The van der Waals surface area contributed by atoms with Crippen LogP contribution in [-0.2, 0) is 23.5 Å². The van der Waals surface area contributed by atoms with Crippen LogP contribution < -0.4 is 0 Å². The maximum absolute atomic E-state index is 15.2. The molecular formula is C29H36ClFN2O5Si. The molecule has 7 nitrogen and oxygen atoms in total. The predicted octanol–water partition coefficient (Wildman–Crippen LogP) is 5.04. The molecule has 1 amide bonds. The van der Waals surface area contributed by atoms with Crippen LogP contribution in [0.1, 0.15) is 40.0 Å². The van der Waals surface area contributed by atoms with Crippen LogP contribution in [0.5, 0.6) is 0 Å². The number of ether oxygens (including phenoxy) is 1. The molecule has 3 unspecified atom stereocenters. The molecule has 0 N–H and O–H groups in total. The molecule has 2 fully saturated rings. The molecule has 0 aromatic heterocycles. The highest BCUT2D eigenvalue weighted by Gasteiger charge is 2.68. The summed E-state index contributed by atoms with van der Waals surface area (Å²) in [5.74, 6) is -2.96. The van der Waals surface area contributed by atoms with Crippen LogP contribution in [0.15, 0.2) is 50.3 Å². The van der Waals surface area contributed by atoms with E-state index in [0.717, 1.165) is 24.5 Å². The summed E-state index contributed by atoms with van der Waals surface area (Å²) >= 11 is 6.44. The van der Waals surface area contributed by atoms with Gasteiger partial charge in [0.05, 0.1) is 24.7 Å². The van der Waals surface area contributed by atoms with E-state index >= 15 is 4.39 Å². The predicted molar refractivity (Wildman–Crippen MR) is 149 cm³/mol. The molecule has 0 bridgehead atoms. The van der Waals surface area contributed by atoms with Gasteiger partial charge in [0.2, 0.25) is 5.91 Å². The van der Waals surface area contributed by atoms with E-state index in [1.54, 1.807) is 0 Å². The molecule has 0 aromatic rings. The fourth-order valence-electron chi connectivity index (χ4n) is 6.48. The van der Waals surface area contributed by atoms with Crippen LogP contribution in [0, 0.1) is 17.3 Å². The number of hydrogen-bond donors (Lipinski definition) is 0. The molecule has 0 radical (unpaired) electrons. The normalized spacial score (nSPS) is 28.0. The number of carbonyl (C=O) groups excluding carboxylic acids is 3. The van der Waals surface area contributed by atoms with Crippen molar-refractivity contribution < 1.29 is 27.9 Å². The summed E-state index contributed by atoms with van der Waals surface area (Å²) < 4.78 is 26.8. The standard InChI is InChI=1S/C29H36ClFN2O5Si/c1-28(2,3)39(5,6)38-10-7-20-26(35)33-15-19(27(36)37-4)23-17-11-16(34)12-22(31)24(17)21(30)14-32-13-18(23)25(33)29(20)8-9-29/h11-12,14,19-20,25H,7-10,13,15H2,1-6H3. The number of halogens is 2. The number of allylic oxidation sites excluding steroid dienone is 6. The van der Waals surface area contributed by atoms with Crippen molar-refractivity contribution in [1.29, 1.82) is 0 Å². The van der Waals surface area contributed by atoms with Crippen LogP contribution in [0.2, 0.25) is 18.1 Å². The van der Waals surface area contributed by atoms with Crippen molar-refractivity contribution in [2.45, 2.75) is 64.2 Å². The van der Waals surface area contributed by atoms with E-state index in [9.17, 15) is 14.4 Å². The Morgan fingerprint density at radius 1 is 1.26 bits per heavy atom. The lowest BCUT2D eigenvalue weighted by Crippen LogP contribution is -2.49. The van der Waals surface area contributed by atoms with Gasteiger partial charge in [0.1, 0.15) is 11.7 Å². The van der Waals surface area contributed by atoms with E-state index in [1.807, 2.05) is 4.90 Å². The van der Waals surface area contributed by atoms with Gasteiger partial charge in [-0.15, -0.1) is 0 Å². The van der Waals surface area contributed by atoms with Crippen LogP contribution >= 0.6 is 11.6 Å². The van der Waals surface area contributed by atoms with Gasteiger partial charge >= 0.3 is 5.97 Å². The van der Waals surface area contributed by atoms with Crippen LogP contribution in [0.4, 0.5) is 4.39 Å². The van der Waals surface area contributed by atoms with Crippen molar-refractivity contribution >= 4 is 43.8 Å². The second-order valence-corrected chi connectivity index (χ2v) is 18.0. The van der Waals surface area contributed by atoms with Gasteiger partial charge in [-0.2, -0.15) is 0 Å². The summed E-state index contributed by atoms with van der Waals surface area (Å²) in [7, 11) is -0.698. The number of hydrogen-bond acceptors (Lipinski definition) is 6. The van der Waals surface area contributed by atoms with E-state index in [1.165, 1.54) is 19.4 Å². The van der Waals surface area contributed by atoms with Crippen LogP contribution in [0.25, 0.3) is 0 Å². The second kappa shape index (κ2) is 9.63. The Balaban J connectivity index is 1.57. The summed E-state index contributed by atoms with van der Waals surface area (Å²) in [5.41, 5.74) is 1.31. The highest BCUT2D eigenvalue weighted by Crippen LogP contribution is 2.65. The number of rotatable bonds is 5. The molecule has 39 heavy (non-hydrogen) atoms.